The third-order valence-electron chi connectivity index (χ3n) is 1.89. The quantitative estimate of drug-likeness (QED) is 0.560. The summed E-state index contributed by atoms with van der Waals surface area (Å²) in [6.07, 6.45) is 2.80. The molecular weight excluding hydrogens is 150 g/mol. The molecule has 0 N–H and O–H groups in total. The van der Waals surface area contributed by atoms with Crippen molar-refractivity contribution in [2.24, 2.45) is 0 Å². The van der Waals surface area contributed by atoms with Crippen LogP contribution in [0.2, 0.25) is 0 Å². The monoisotopic (exact) mass is 175 g/mol. The molecule has 0 bridgehead atoms. The van der Waals surface area contributed by atoms with Crippen molar-refractivity contribution < 1.29 is 4.74 Å². The van der Waals surface area contributed by atoms with E-state index in [-0.39, 0.29) is 0 Å². The molecule has 0 aromatic carbocycles. The predicted octanol–water partition coefficient (Wildman–Crippen LogP) is 2.39. The molecule has 1 unspecified atom stereocenters. The molecule has 12 heavy (non-hydrogen) atoms. The number of methoxy groups -OCH3 is 1. The van der Waals surface area contributed by atoms with Gasteiger partial charge in [-0.25, -0.2) is 0 Å². The highest BCUT2D eigenvalue weighted by Crippen LogP contribution is 2.12. The van der Waals surface area contributed by atoms with Gasteiger partial charge >= 0.3 is 0 Å². The van der Waals surface area contributed by atoms with E-state index in [0.717, 1.165) is 6.04 Å². The van der Waals surface area contributed by atoms with Gasteiger partial charge < -0.3 is 9.64 Å². The Hall–Kier alpha value is -0.0800. The Morgan fingerprint density at radius 1 is 1.25 bits per heavy atom. The fourth-order valence-corrected chi connectivity index (χ4v) is 1.08. The molecule has 1 heterocycles. The van der Waals surface area contributed by atoms with Gasteiger partial charge in [0.25, 0.3) is 0 Å². The Labute approximate surface area is 77.9 Å². The average molecular weight is 175 g/mol. The van der Waals surface area contributed by atoms with Crippen molar-refractivity contribution in [2.45, 2.75) is 39.7 Å². The Morgan fingerprint density at radius 2 is 1.67 bits per heavy atom. The van der Waals surface area contributed by atoms with Gasteiger partial charge in [0, 0.05) is 20.3 Å². The van der Waals surface area contributed by atoms with Crippen molar-refractivity contribution >= 4 is 0 Å². The summed E-state index contributed by atoms with van der Waals surface area (Å²) in [5.41, 5.74) is 0. The van der Waals surface area contributed by atoms with Crippen LogP contribution in [0.1, 0.15) is 33.6 Å². The number of ether oxygens (including phenoxy) is 1. The summed E-state index contributed by atoms with van der Waals surface area (Å²) in [5, 5.41) is 0. The van der Waals surface area contributed by atoms with Crippen LogP contribution in [-0.2, 0) is 4.74 Å². The fourth-order valence-electron chi connectivity index (χ4n) is 1.08. The van der Waals surface area contributed by atoms with Gasteiger partial charge in [-0.05, 0) is 33.4 Å². The Balaban J connectivity index is 0. The van der Waals surface area contributed by atoms with Gasteiger partial charge in [0.2, 0.25) is 0 Å². The van der Waals surface area contributed by atoms with E-state index in [1.165, 1.54) is 19.4 Å². The van der Waals surface area contributed by atoms with Crippen LogP contribution in [0.25, 0.3) is 0 Å². The molecule has 0 saturated carbocycles. The molecular formula is C10H25NO. The summed E-state index contributed by atoms with van der Waals surface area (Å²) in [4.78, 5) is 2.40. The standard InChI is InChI=1S/C6H13N.C2H6O.C2H6/c1-6-4-3-5-7(6)2;1-3-2;1-2/h6H,3-5H2,1-2H3;1-2H3;1-2H3. The zero-order valence-electron chi connectivity index (χ0n) is 9.55. The van der Waals surface area contributed by atoms with Crippen LogP contribution in [0.3, 0.4) is 0 Å². The third kappa shape index (κ3) is 8.02. The summed E-state index contributed by atoms with van der Waals surface area (Å²) < 4.78 is 4.25. The van der Waals surface area contributed by atoms with Gasteiger partial charge in [0.05, 0.1) is 0 Å². The molecule has 0 amide bonds. The van der Waals surface area contributed by atoms with E-state index < -0.39 is 0 Å². The van der Waals surface area contributed by atoms with E-state index in [9.17, 15) is 0 Å². The zero-order valence-corrected chi connectivity index (χ0v) is 9.55. The smallest absolute Gasteiger partial charge is 0.0351 e. The molecule has 1 rings (SSSR count). The molecule has 0 aromatic heterocycles. The minimum atomic E-state index is 0.847. The Kier molecular flexibility index (Phi) is 13.1. The maximum Gasteiger partial charge on any atom is 0.0351 e. The summed E-state index contributed by atoms with van der Waals surface area (Å²) in [6, 6.07) is 0.847. The lowest BCUT2D eigenvalue weighted by Crippen LogP contribution is -2.20. The van der Waals surface area contributed by atoms with Crippen molar-refractivity contribution in [3.05, 3.63) is 0 Å². The van der Waals surface area contributed by atoms with Crippen molar-refractivity contribution in [1.29, 1.82) is 0 Å². The maximum absolute atomic E-state index is 4.25. The predicted molar refractivity (Wildman–Crippen MR) is 55.6 cm³/mol. The second kappa shape index (κ2) is 10.9. The number of nitrogens with zero attached hydrogens (tertiary/aromatic N) is 1. The van der Waals surface area contributed by atoms with Crippen LogP contribution in [0.15, 0.2) is 0 Å². The van der Waals surface area contributed by atoms with Crippen LogP contribution >= 0.6 is 0 Å². The third-order valence-corrected chi connectivity index (χ3v) is 1.89. The highest BCUT2D eigenvalue weighted by atomic mass is 16.4. The van der Waals surface area contributed by atoms with Crippen LogP contribution in [0, 0.1) is 0 Å². The molecule has 1 atom stereocenters. The van der Waals surface area contributed by atoms with Crippen LogP contribution in [0.4, 0.5) is 0 Å². The van der Waals surface area contributed by atoms with E-state index in [2.05, 4.69) is 23.6 Å². The van der Waals surface area contributed by atoms with Gasteiger partial charge in [-0.2, -0.15) is 0 Å². The van der Waals surface area contributed by atoms with Crippen LogP contribution in [-0.4, -0.2) is 38.8 Å². The SMILES string of the molecule is CC.CC1CCCN1C.COC. The topological polar surface area (TPSA) is 12.5 Å². The minimum absolute atomic E-state index is 0.847. The highest BCUT2D eigenvalue weighted by Gasteiger charge is 2.14. The molecule has 0 spiro atoms. The van der Waals surface area contributed by atoms with E-state index in [4.69, 9.17) is 0 Å². The average Bonchev–Trinajstić information content (AvgIpc) is 2.42. The lowest BCUT2D eigenvalue weighted by Gasteiger charge is -2.12. The van der Waals surface area contributed by atoms with Gasteiger partial charge in [0.1, 0.15) is 0 Å². The second-order valence-electron chi connectivity index (χ2n) is 2.88. The molecule has 1 saturated heterocycles. The van der Waals surface area contributed by atoms with E-state index in [1.54, 1.807) is 14.2 Å². The largest absolute Gasteiger partial charge is 0.388 e. The first kappa shape index (κ1) is 14.4. The second-order valence-corrected chi connectivity index (χ2v) is 2.88. The molecule has 1 aliphatic heterocycles. The number of hydrogen-bond donors (Lipinski definition) is 0. The molecule has 2 heteroatoms. The number of rotatable bonds is 0. The number of likely N-dealkylation sites (tertiary alicyclic amines) is 1. The van der Waals surface area contributed by atoms with Gasteiger partial charge in [-0.15, -0.1) is 0 Å². The van der Waals surface area contributed by atoms with Crippen LogP contribution in [0.5, 0.6) is 0 Å². The summed E-state index contributed by atoms with van der Waals surface area (Å²) in [5.74, 6) is 0. The normalized spacial score (nSPS) is 22.0. The van der Waals surface area contributed by atoms with Crippen molar-refractivity contribution in [3.63, 3.8) is 0 Å². The fraction of sp³-hybridized carbons (Fsp3) is 1.00. The lowest BCUT2D eigenvalue weighted by molar-refractivity contribution is 0.277. The minimum Gasteiger partial charge on any atom is -0.388 e. The van der Waals surface area contributed by atoms with Gasteiger partial charge in [0.15, 0.2) is 0 Å². The molecule has 2 nitrogen and oxygen atoms in total. The highest BCUT2D eigenvalue weighted by molar-refractivity contribution is 4.70. The first-order valence-electron chi connectivity index (χ1n) is 4.82. The Morgan fingerprint density at radius 3 is 1.75 bits per heavy atom. The molecule has 0 aromatic rings. The molecule has 0 aliphatic carbocycles. The van der Waals surface area contributed by atoms with E-state index in [1.807, 2.05) is 13.8 Å². The molecule has 76 valence electrons. The summed E-state index contributed by atoms with van der Waals surface area (Å²) >= 11 is 0. The Bertz CT molecular complexity index is 68.2. The van der Waals surface area contributed by atoms with Gasteiger partial charge in [-0.1, -0.05) is 13.8 Å². The zero-order chi connectivity index (χ0) is 9.98. The molecule has 0 radical (unpaired) electrons. The summed E-state index contributed by atoms with van der Waals surface area (Å²) in [7, 11) is 5.44. The maximum atomic E-state index is 4.25. The van der Waals surface area contributed by atoms with Crippen molar-refractivity contribution in [2.75, 3.05) is 27.8 Å². The van der Waals surface area contributed by atoms with E-state index in [0.29, 0.717) is 0 Å². The molecule has 1 aliphatic rings. The molecule has 1 fully saturated rings. The van der Waals surface area contributed by atoms with Crippen molar-refractivity contribution in [3.8, 4) is 0 Å². The van der Waals surface area contributed by atoms with Crippen molar-refractivity contribution in [1.82, 2.24) is 4.90 Å². The van der Waals surface area contributed by atoms with Crippen LogP contribution < -0.4 is 0 Å². The number of hydrogen-bond acceptors (Lipinski definition) is 2. The first-order chi connectivity index (χ1) is 5.72. The van der Waals surface area contributed by atoms with Gasteiger partial charge in [-0.3, -0.25) is 0 Å². The lowest BCUT2D eigenvalue weighted by atomic mass is 10.3. The van der Waals surface area contributed by atoms with E-state index >= 15 is 0 Å². The summed E-state index contributed by atoms with van der Waals surface area (Å²) in [6.45, 7) is 7.59. The first-order valence-corrected chi connectivity index (χ1v) is 4.82.